The molecule has 5 rings (SSSR count). The van der Waals surface area contributed by atoms with Gasteiger partial charge in [0.05, 0.1) is 5.56 Å². The minimum atomic E-state index is 0.134. The second kappa shape index (κ2) is 7.64. The standard InChI is InChI=1S/C25H18N4O/c30-22-13-7-5-11-20(22)25-28-23(27-24(29-25)17-8-2-1-3-9-17)15-14-18-16-26-21-12-6-4-10-19(18)21/h1-16,26,30H/b15-14+. The molecule has 5 nitrogen and oxygen atoms in total. The summed E-state index contributed by atoms with van der Waals surface area (Å²) in [5.41, 5.74) is 3.58. The number of H-pyrrole nitrogens is 1. The van der Waals surface area contributed by atoms with Gasteiger partial charge in [0.1, 0.15) is 5.75 Å². The molecule has 30 heavy (non-hydrogen) atoms. The fourth-order valence-electron chi connectivity index (χ4n) is 3.36. The van der Waals surface area contributed by atoms with Crippen molar-refractivity contribution < 1.29 is 5.11 Å². The molecule has 2 heterocycles. The van der Waals surface area contributed by atoms with Crippen molar-refractivity contribution in [2.45, 2.75) is 0 Å². The van der Waals surface area contributed by atoms with Gasteiger partial charge in [-0.1, -0.05) is 60.7 Å². The van der Waals surface area contributed by atoms with Gasteiger partial charge in [-0.25, -0.2) is 15.0 Å². The fourth-order valence-corrected chi connectivity index (χ4v) is 3.36. The summed E-state index contributed by atoms with van der Waals surface area (Å²) >= 11 is 0. The zero-order valence-electron chi connectivity index (χ0n) is 16.0. The molecule has 0 amide bonds. The lowest BCUT2D eigenvalue weighted by Gasteiger charge is -2.07. The summed E-state index contributed by atoms with van der Waals surface area (Å²) < 4.78 is 0. The van der Waals surface area contributed by atoms with Crippen LogP contribution in [0.5, 0.6) is 5.75 Å². The average Bonchev–Trinajstić information content (AvgIpc) is 3.21. The van der Waals surface area contributed by atoms with E-state index >= 15 is 0 Å². The molecule has 0 aliphatic heterocycles. The number of nitrogens with one attached hydrogen (secondary N) is 1. The summed E-state index contributed by atoms with van der Waals surface area (Å²) in [5.74, 6) is 1.64. The first-order valence-corrected chi connectivity index (χ1v) is 9.62. The zero-order chi connectivity index (χ0) is 20.3. The number of aromatic amines is 1. The van der Waals surface area contributed by atoms with Gasteiger partial charge in [0.2, 0.25) is 0 Å². The highest BCUT2D eigenvalue weighted by Crippen LogP contribution is 2.28. The van der Waals surface area contributed by atoms with Gasteiger partial charge in [-0.2, -0.15) is 0 Å². The molecule has 5 aromatic rings. The van der Waals surface area contributed by atoms with Crippen LogP contribution in [0.4, 0.5) is 0 Å². The van der Waals surface area contributed by atoms with Crippen molar-refractivity contribution in [2.75, 3.05) is 0 Å². The number of aromatic hydroxyl groups is 1. The Hall–Kier alpha value is -4.25. The molecule has 0 saturated carbocycles. The van der Waals surface area contributed by atoms with E-state index in [1.807, 2.05) is 72.9 Å². The molecule has 0 aliphatic carbocycles. The first kappa shape index (κ1) is 17.8. The second-order valence-electron chi connectivity index (χ2n) is 6.85. The van der Waals surface area contributed by atoms with Gasteiger partial charge in [0.15, 0.2) is 17.5 Å². The Bertz CT molecular complexity index is 1360. The molecule has 0 fully saturated rings. The van der Waals surface area contributed by atoms with Crippen LogP contribution >= 0.6 is 0 Å². The summed E-state index contributed by atoms with van der Waals surface area (Å²) in [6, 6.07) is 24.9. The summed E-state index contributed by atoms with van der Waals surface area (Å²) in [6.07, 6.45) is 5.81. The number of hydrogen-bond donors (Lipinski definition) is 2. The lowest BCUT2D eigenvalue weighted by molar-refractivity contribution is 0.477. The van der Waals surface area contributed by atoms with Crippen LogP contribution in [0.25, 0.3) is 45.8 Å². The lowest BCUT2D eigenvalue weighted by Crippen LogP contribution is -1.99. The van der Waals surface area contributed by atoms with E-state index in [4.69, 9.17) is 0 Å². The SMILES string of the molecule is Oc1ccccc1-c1nc(/C=C/c2c[nH]c3ccccc23)nc(-c2ccccc2)n1. The van der Waals surface area contributed by atoms with E-state index in [0.717, 1.165) is 22.0 Å². The Morgan fingerprint density at radius 3 is 2.30 bits per heavy atom. The first-order chi connectivity index (χ1) is 14.8. The molecule has 144 valence electrons. The number of phenols is 1. The van der Waals surface area contributed by atoms with Gasteiger partial charge in [-0.15, -0.1) is 0 Å². The van der Waals surface area contributed by atoms with E-state index in [9.17, 15) is 5.11 Å². The normalized spacial score (nSPS) is 11.3. The number of nitrogens with zero attached hydrogens (tertiary/aromatic N) is 3. The van der Waals surface area contributed by atoms with Crippen LogP contribution in [0.15, 0.2) is 85.1 Å². The highest BCUT2D eigenvalue weighted by atomic mass is 16.3. The van der Waals surface area contributed by atoms with Crippen LogP contribution in [0.1, 0.15) is 11.4 Å². The maximum atomic E-state index is 10.3. The molecule has 3 aromatic carbocycles. The Morgan fingerprint density at radius 1 is 0.700 bits per heavy atom. The third kappa shape index (κ3) is 3.44. The number of aromatic nitrogens is 4. The molecule has 0 bridgehead atoms. The van der Waals surface area contributed by atoms with E-state index in [-0.39, 0.29) is 5.75 Å². The number of fused-ring (bicyclic) bond motifs is 1. The third-order valence-electron chi connectivity index (χ3n) is 4.86. The molecule has 0 aliphatic rings. The van der Waals surface area contributed by atoms with E-state index in [1.54, 1.807) is 18.2 Å². The predicted octanol–water partition coefficient (Wildman–Crippen LogP) is 5.56. The molecule has 0 saturated heterocycles. The molecule has 0 unspecified atom stereocenters. The van der Waals surface area contributed by atoms with Gasteiger partial charge >= 0.3 is 0 Å². The van der Waals surface area contributed by atoms with Crippen molar-refractivity contribution in [1.29, 1.82) is 0 Å². The van der Waals surface area contributed by atoms with Crippen LogP contribution in [-0.2, 0) is 0 Å². The molecule has 2 aromatic heterocycles. The number of rotatable bonds is 4. The smallest absolute Gasteiger partial charge is 0.167 e. The topological polar surface area (TPSA) is 74.7 Å². The highest BCUT2D eigenvalue weighted by molar-refractivity contribution is 5.91. The average molecular weight is 390 g/mol. The number of phenolic OH excluding ortho intramolecular Hbond substituents is 1. The van der Waals surface area contributed by atoms with E-state index in [1.165, 1.54) is 0 Å². The Balaban J connectivity index is 1.62. The monoisotopic (exact) mass is 390 g/mol. The Morgan fingerprint density at radius 2 is 1.43 bits per heavy atom. The number of para-hydroxylation sites is 2. The first-order valence-electron chi connectivity index (χ1n) is 9.62. The lowest BCUT2D eigenvalue weighted by atomic mass is 10.1. The maximum absolute atomic E-state index is 10.3. The van der Waals surface area contributed by atoms with Crippen LogP contribution in [0.3, 0.4) is 0 Å². The van der Waals surface area contributed by atoms with Crippen molar-refractivity contribution >= 4 is 23.1 Å². The van der Waals surface area contributed by atoms with Gasteiger partial charge in [-0.05, 0) is 35.9 Å². The Kier molecular flexibility index (Phi) is 4.54. The summed E-state index contributed by atoms with van der Waals surface area (Å²) in [7, 11) is 0. The Labute approximate surface area is 173 Å². The summed E-state index contributed by atoms with van der Waals surface area (Å²) in [4.78, 5) is 17.1. The molecule has 0 atom stereocenters. The number of benzene rings is 3. The van der Waals surface area contributed by atoms with Crippen LogP contribution in [-0.4, -0.2) is 25.0 Å². The predicted molar refractivity (Wildman–Crippen MR) is 120 cm³/mol. The zero-order valence-corrected chi connectivity index (χ0v) is 16.0. The van der Waals surface area contributed by atoms with Crippen LogP contribution in [0.2, 0.25) is 0 Å². The molecule has 0 spiro atoms. The fraction of sp³-hybridized carbons (Fsp3) is 0. The molecular formula is C25H18N4O. The van der Waals surface area contributed by atoms with Crippen LogP contribution in [0, 0.1) is 0 Å². The van der Waals surface area contributed by atoms with Crippen molar-refractivity contribution in [3.05, 3.63) is 96.4 Å². The summed E-state index contributed by atoms with van der Waals surface area (Å²) in [5, 5.41) is 11.4. The van der Waals surface area contributed by atoms with E-state index in [2.05, 4.69) is 26.0 Å². The van der Waals surface area contributed by atoms with Gasteiger partial charge in [0, 0.05) is 22.7 Å². The minimum Gasteiger partial charge on any atom is -0.507 e. The van der Waals surface area contributed by atoms with Crippen molar-refractivity contribution in [3.63, 3.8) is 0 Å². The van der Waals surface area contributed by atoms with Crippen molar-refractivity contribution in [2.24, 2.45) is 0 Å². The van der Waals surface area contributed by atoms with E-state index < -0.39 is 0 Å². The van der Waals surface area contributed by atoms with Crippen molar-refractivity contribution in [3.8, 4) is 28.5 Å². The largest absolute Gasteiger partial charge is 0.507 e. The molecule has 2 N–H and O–H groups in total. The van der Waals surface area contributed by atoms with Crippen molar-refractivity contribution in [1.82, 2.24) is 19.9 Å². The van der Waals surface area contributed by atoms with Crippen LogP contribution < -0.4 is 0 Å². The maximum Gasteiger partial charge on any atom is 0.167 e. The summed E-state index contributed by atoms with van der Waals surface area (Å²) in [6.45, 7) is 0. The minimum absolute atomic E-state index is 0.134. The van der Waals surface area contributed by atoms with Gasteiger partial charge in [-0.3, -0.25) is 0 Å². The second-order valence-corrected chi connectivity index (χ2v) is 6.85. The highest BCUT2D eigenvalue weighted by Gasteiger charge is 2.12. The molecule has 5 heteroatoms. The molecule has 0 radical (unpaired) electrons. The number of hydrogen-bond acceptors (Lipinski definition) is 4. The van der Waals surface area contributed by atoms with E-state index in [0.29, 0.717) is 23.0 Å². The molecular weight excluding hydrogens is 372 g/mol. The third-order valence-corrected chi connectivity index (χ3v) is 4.86. The quantitative estimate of drug-likeness (QED) is 0.421. The van der Waals surface area contributed by atoms with Gasteiger partial charge in [0.25, 0.3) is 0 Å². The van der Waals surface area contributed by atoms with Gasteiger partial charge < -0.3 is 10.1 Å².